The van der Waals surface area contributed by atoms with Gasteiger partial charge in [0.25, 0.3) is 0 Å². The van der Waals surface area contributed by atoms with Crippen molar-refractivity contribution in [3.05, 3.63) is 29.8 Å². The van der Waals surface area contributed by atoms with Crippen LogP contribution in [0.5, 0.6) is 5.75 Å². The zero-order chi connectivity index (χ0) is 16.8. The molecular weight excluding hydrogens is 298 g/mol. The summed E-state index contributed by atoms with van der Waals surface area (Å²) in [4.78, 5) is 5.34. The molecule has 2 unspecified atom stereocenters. The Labute approximate surface area is 146 Å². The van der Waals surface area contributed by atoms with E-state index in [4.69, 9.17) is 10.00 Å². The predicted molar refractivity (Wildman–Crippen MR) is 96.1 cm³/mol. The summed E-state index contributed by atoms with van der Waals surface area (Å²) < 4.78 is 5.82. The van der Waals surface area contributed by atoms with Gasteiger partial charge in [0.2, 0.25) is 0 Å². The maximum absolute atomic E-state index is 8.81. The van der Waals surface area contributed by atoms with Crippen LogP contribution < -0.4 is 4.74 Å². The molecule has 24 heavy (non-hydrogen) atoms. The van der Waals surface area contributed by atoms with Crippen LogP contribution in [-0.2, 0) is 0 Å². The van der Waals surface area contributed by atoms with E-state index in [2.05, 4.69) is 22.8 Å². The van der Waals surface area contributed by atoms with Crippen molar-refractivity contribution >= 4 is 0 Å². The highest BCUT2D eigenvalue weighted by Gasteiger charge is 2.29. The van der Waals surface area contributed by atoms with Gasteiger partial charge in [-0.15, -0.1) is 0 Å². The normalized spacial score (nSPS) is 23.2. The van der Waals surface area contributed by atoms with E-state index in [1.807, 2.05) is 24.3 Å². The molecule has 0 saturated carbocycles. The van der Waals surface area contributed by atoms with Crippen LogP contribution in [-0.4, -0.2) is 55.2 Å². The lowest BCUT2D eigenvalue weighted by Gasteiger charge is -2.44. The van der Waals surface area contributed by atoms with Gasteiger partial charge >= 0.3 is 0 Å². The number of nitrogens with zero attached hydrogens (tertiary/aromatic N) is 3. The van der Waals surface area contributed by atoms with Crippen molar-refractivity contribution in [2.75, 3.05) is 39.3 Å². The lowest BCUT2D eigenvalue weighted by atomic mass is 9.98. The van der Waals surface area contributed by atoms with Crippen molar-refractivity contribution in [3.8, 4) is 11.8 Å². The first-order valence-corrected chi connectivity index (χ1v) is 9.34. The maximum atomic E-state index is 8.81. The Bertz CT molecular complexity index is 551. The molecule has 0 aromatic heterocycles. The summed E-state index contributed by atoms with van der Waals surface area (Å²) in [5, 5.41) is 8.81. The fourth-order valence-electron chi connectivity index (χ4n) is 3.92. The number of fused-ring (bicyclic) bond motifs is 1. The Morgan fingerprint density at radius 1 is 1.21 bits per heavy atom. The summed E-state index contributed by atoms with van der Waals surface area (Å²) >= 11 is 0. The zero-order valence-corrected chi connectivity index (χ0v) is 14.8. The highest BCUT2D eigenvalue weighted by atomic mass is 16.5. The molecule has 0 radical (unpaired) electrons. The number of ether oxygens (including phenoxy) is 1. The summed E-state index contributed by atoms with van der Waals surface area (Å²) in [6.45, 7) is 9.29. The molecule has 2 heterocycles. The average molecular weight is 327 g/mol. The molecule has 2 atom stereocenters. The Balaban J connectivity index is 1.36. The van der Waals surface area contributed by atoms with Gasteiger partial charge in [0.05, 0.1) is 18.2 Å². The molecule has 1 aromatic rings. The van der Waals surface area contributed by atoms with Crippen LogP contribution in [0.4, 0.5) is 0 Å². The van der Waals surface area contributed by atoms with E-state index in [1.165, 1.54) is 52.0 Å². The number of nitriles is 1. The second kappa shape index (κ2) is 8.50. The van der Waals surface area contributed by atoms with Gasteiger partial charge in [0.1, 0.15) is 5.75 Å². The van der Waals surface area contributed by atoms with Gasteiger partial charge in [-0.1, -0.05) is 13.3 Å². The van der Waals surface area contributed by atoms with Crippen molar-refractivity contribution in [2.24, 2.45) is 5.92 Å². The average Bonchev–Trinajstić information content (AvgIpc) is 2.62. The summed E-state index contributed by atoms with van der Waals surface area (Å²) in [5.74, 6) is 1.51. The number of hydrogen-bond acceptors (Lipinski definition) is 4. The monoisotopic (exact) mass is 327 g/mol. The van der Waals surface area contributed by atoms with E-state index >= 15 is 0 Å². The third-order valence-electron chi connectivity index (χ3n) is 5.35. The molecule has 2 fully saturated rings. The molecule has 4 nitrogen and oxygen atoms in total. The third kappa shape index (κ3) is 4.72. The fourth-order valence-corrected chi connectivity index (χ4v) is 3.92. The lowest BCUT2D eigenvalue weighted by molar-refractivity contribution is 0.0414. The highest BCUT2D eigenvalue weighted by molar-refractivity contribution is 5.34. The van der Waals surface area contributed by atoms with Crippen LogP contribution in [0.3, 0.4) is 0 Å². The summed E-state index contributed by atoms with van der Waals surface area (Å²) in [6.07, 6.45) is 5.25. The van der Waals surface area contributed by atoms with E-state index < -0.39 is 0 Å². The molecule has 0 amide bonds. The molecular formula is C20H29N3O. The van der Waals surface area contributed by atoms with Gasteiger partial charge in [-0.05, 0) is 56.0 Å². The number of piperidine rings is 1. The number of piperazine rings is 1. The first-order chi connectivity index (χ1) is 11.7. The van der Waals surface area contributed by atoms with Crippen molar-refractivity contribution in [3.63, 3.8) is 0 Å². The molecule has 0 N–H and O–H groups in total. The minimum Gasteiger partial charge on any atom is -0.494 e. The molecule has 0 bridgehead atoms. The van der Waals surface area contributed by atoms with Crippen LogP contribution in [0.25, 0.3) is 0 Å². The van der Waals surface area contributed by atoms with Gasteiger partial charge in [0.15, 0.2) is 0 Å². The summed E-state index contributed by atoms with van der Waals surface area (Å²) in [6, 6.07) is 10.3. The van der Waals surface area contributed by atoms with Gasteiger partial charge in [-0.2, -0.15) is 5.26 Å². The Morgan fingerprint density at radius 3 is 2.83 bits per heavy atom. The van der Waals surface area contributed by atoms with E-state index in [0.29, 0.717) is 11.5 Å². The summed E-state index contributed by atoms with van der Waals surface area (Å²) in [7, 11) is 0. The third-order valence-corrected chi connectivity index (χ3v) is 5.35. The fraction of sp³-hybridized carbons (Fsp3) is 0.650. The molecule has 0 aliphatic carbocycles. The molecule has 0 spiro atoms. The largest absolute Gasteiger partial charge is 0.494 e. The van der Waals surface area contributed by atoms with Crippen molar-refractivity contribution in [1.82, 2.24) is 9.80 Å². The van der Waals surface area contributed by atoms with Gasteiger partial charge in [-0.3, -0.25) is 4.90 Å². The van der Waals surface area contributed by atoms with Crippen LogP contribution in [0.1, 0.15) is 38.2 Å². The Hall–Kier alpha value is -1.57. The smallest absolute Gasteiger partial charge is 0.119 e. The first-order valence-electron chi connectivity index (χ1n) is 9.34. The van der Waals surface area contributed by atoms with Crippen LogP contribution in [0.15, 0.2) is 24.3 Å². The highest BCUT2D eigenvalue weighted by Crippen LogP contribution is 2.22. The predicted octanol–water partition coefficient (Wildman–Crippen LogP) is 3.13. The molecule has 4 heteroatoms. The standard InChI is InChI=1S/C20H29N3O/c1-17(9-13-24-20-7-5-18(14-21)6-8-20)15-22-11-12-23-10-3-2-4-19(23)16-22/h5-8,17,19H,2-4,9-13,15-16H2,1H3. The zero-order valence-electron chi connectivity index (χ0n) is 14.8. The Morgan fingerprint density at radius 2 is 2.04 bits per heavy atom. The molecule has 130 valence electrons. The second-order valence-electron chi connectivity index (χ2n) is 7.32. The van der Waals surface area contributed by atoms with Gasteiger partial charge in [0, 0.05) is 32.2 Å². The van der Waals surface area contributed by atoms with E-state index in [-0.39, 0.29) is 0 Å². The maximum Gasteiger partial charge on any atom is 0.119 e. The van der Waals surface area contributed by atoms with Gasteiger partial charge < -0.3 is 9.64 Å². The minimum absolute atomic E-state index is 0.651. The Kier molecular flexibility index (Phi) is 6.12. The molecule has 2 saturated heterocycles. The first kappa shape index (κ1) is 17.3. The quantitative estimate of drug-likeness (QED) is 0.805. The van der Waals surface area contributed by atoms with E-state index in [9.17, 15) is 0 Å². The van der Waals surface area contributed by atoms with Crippen molar-refractivity contribution < 1.29 is 4.74 Å². The van der Waals surface area contributed by atoms with Gasteiger partial charge in [-0.25, -0.2) is 0 Å². The van der Waals surface area contributed by atoms with Crippen LogP contribution in [0, 0.1) is 17.2 Å². The number of rotatable bonds is 6. The second-order valence-corrected chi connectivity index (χ2v) is 7.32. The molecule has 1 aromatic carbocycles. The topological polar surface area (TPSA) is 39.5 Å². The van der Waals surface area contributed by atoms with Crippen molar-refractivity contribution in [2.45, 2.75) is 38.6 Å². The SMILES string of the molecule is CC(CCOc1ccc(C#N)cc1)CN1CCN2CCCCC2C1. The van der Waals surface area contributed by atoms with Crippen LogP contribution in [0.2, 0.25) is 0 Å². The molecule has 2 aliphatic rings. The van der Waals surface area contributed by atoms with E-state index in [1.54, 1.807) is 0 Å². The number of benzene rings is 1. The molecule has 2 aliphatic heterocycles. The number of hydrogen-bond donors (Lipinski definition) is 0. The molecule has 3 rings (SSSR count). The van der Waals surface area contributed by atoms with Crippen molar-refractivity contribution in [1.29, 1.82) is 5.26 Å². The minimum atomic E-state index is 0.651. The van der Waals surface area contributed by atoms with E-state index in [0.717, 1.165) is 24.8 Å². The van der Waals surface area contributed by atoms with Crippen LogP contribution >= 0.6 is 0 Å². The lowest BCUT2D eigenvalue weighted by Crippen LogP contribution is -2.55. The summed E-state index contributed by atoms with van der Waals surface area (Å²) in [5.41, 5.74) is 0.678.